The molecule has 1 aromatic carbocycles. The summed E-state index contributed by atoms with van der Waals surface area (Å²) in [5.41, 5.74) is 9.33. The Balaban J connectivity index is 1.83. The van der Waals surface area contributed by atoms with Crippen molar-refractivity contribution in [1.29, 1.82) is 0 Å². The Hall–Kier alpha value is -1.19. The van der Waals surface area contributed by atoms with Crippen molar-refractivity contribution in [3.63, 3.8) is 0 Å². The van der Waals surface area contributed by atoms with Gasteiger partial charge in [0.05, 0.1) is 0 Å². The molecule has 2 nitrogen and oxygen atoms in total. The summed E-state index contributed by atoms with van der Waals surface area (Å²) < 4.78 is 1.02. The van der Waals surface area contributed by atoms with Gasteiger partial charge in [-0.1, -0.05) is 36.8 Å². The van der Waals surface area contributed by atoms with Gasteiger partial charge in [0, 0.05) is 28.3 Å². The van der Waals surface area contributed by atoms with E-state index in [2.05, 4.69) is 57.3 Å². The second kappa shape index (κ2) is 5.66. The van der Waals surface area contributed by atoms with Gasteiger partial charge in [-0.3, -0.25) is 4.98 Å². The first-order valence-electron chi connectivity index (χ1n) is 7.11. The van der Waals surface area contributed by atoms with E-state index >= 15 is 0 Å². The second-order valence-corrected chi connectivity index (χ2v) is 6.61. The summed E-state index contributed by atoms with van der Waals surface area (Å²) in [5.74, 6) is 0. The Kier molecular flexibility index (Phi) is 3.90. The maximum absolute atomic E-state index is 6.59. The molecule has 1 aliphatic carbocycles. The highest BCUT2D eigenvalue weighted by atomic mass is 79.9. The molecule has 0 saturated heterocycles. The molecule has 1 fully saturated rings. The summed E-state index contributed by atoms with van der Waals surface area (Å²) in [4.78, 5) is 4.23. The van der Waals surface area contributed by atoms with Crippen molar-refractivity contribution >= 4 is 15.9 Å². The minimum atomic E-state index is 0.148. The zero-order valence-electron chi connectivity index (χ0n) is 11.4. The summed E-state index contributed by atoms with van der Waals surface area (Å²) in [6.45, 7) is 0. The standard InChI is InChI=1S/C17H19BrN2/c18-15-9-13(11-20-12-15)10-16(19)17(7-4-8-17)14-5-2-1-3-6-14/h1-3,5-6,9,11-12,16H,4,7-8,10,19H2. The van der Waals surface area contributed by atoms with E-state index < -0.39 is 0 Å². The molecule has 0 bridgehead atoms. The predicted molar refractivity (Wildman–Crippen MR) is 85.6 cm³/mol. The Morgan fingerprint density at radius 3 is 2.55 bits per heavy atom. The highest BCUT2D eigenvalue weighted by Crippen LogP contribution is 2.46. The minimum absolute atomic E-state index is 0.148. The fourth-order valence-corrected chi connectivity index (χ4v) is 3.63. The van der Waals surface area contributed by atoms with Crippen LogP contribution in [-0.2, 0) is 11.8 Å². The molecule has 1 atom stereocenters. The van der Waals surface area contributed by atoms with Crippen LogP contribution in [0.25, 0.3) is 0 Å². The van der Waals surface area contributed by atoms with E-state index in [1.807, 2.05) is 12.4 Å². The maximum Gasteiger partial charge on any atom is 0.0410 e. The van der Waals surface area contributed by atoms with Crippen LogP contribution in [0.5, 0.6) is 0 Å². The smallest absolute Gasteiger partial charge is 0.0410 e. The molecule has 1 heterocycles. The van der Waals surface area contributed by atoms with Crippen LogP contribution in [0.3, 0.4) is 0 Å². The lowest BCUT2D eigenvalue weighted by molar-refractivity contribution is 0.194. The number of benzene rings is 1. The Morgan fingerprint density at radius 2 is 1.95 bits per heavy atom. The van der Waals surface area contributed by atoms with Gasteiger partial charge in [0.15, 0.2) is 0 Å². The molecule has 104 valence electrons. The number of rotatable bonds is 4. The molecular formula is C17H19BrN2. The van der Waals surface area contributed by atoms with Gasteiger partial charge in [0.1, 0.15) is 0 Å². The SMILES string of the molecule is NC(Cc1cncc(Br)c1)C1(c2ccccc2)CCC1. The normalized spacial score (nSPS) is 18.3. The van der Waals surface area contributed by atoms with E-state index in [4.69, 9.17) is 5.73 Å². The highest BCUT2D eigenvalue weighted by molar-refractivity contribution is 9.10. The van der Waals surface area contributed by atoms with Crippen molar-refractivity contribution < 1.29 is 0 Å². The first-order chi connectivity index (χ1) is 9.71. The Bertz CT molecular complexity index is 579. The second-order valence-electron chi connectivity index (χ2n) is 5.70. The molecule has 3 rings (SSSR count). The first kappa shape index (κ1) is 13.8. The zero-order valence-corrected chi connectivity index (χ0v) is 13.0. The van der Waals surface area contributed by atoms with Gasteiger partial charge in [-0.05, 0) is 52.4 Å². The number of nitrogens with zero attached hydrogens (tertiary/aromatic N) is 1. The summed E-state index contributed by atoms with van der Waals surface area (Å²) in [6.07, 6.45) is 8.27. The number of pyridine rings is 1. The van der Waals surface area contributed by atoms with Crippen LogP contribution in [0.15, 0.2) is 53.3 Å². The summed E-state index contributed by atoms with van der Waals surface area (Å²) in [6, 6.07) is 13.0. The van der Waals surface area contributed by atoms with Crippen LogP contribution in [0.4, 0.5) is 0 Å². The van der Waals surface area contributed by atoms with Crippen molar-refractivity contribution in [1.82, 2.24) is 4.98 Å². The molecule has 1 unspecified atom stereocenters. The van der Waals surface area contributed by atoms with Crippen LogP contribution in [0, 0.1) is 0 Å². The molecule has 2 N–H and O–H groups in total. The number of hydrogen-bond acceptors (Lipinski definition) is 2. The number of nitrogens with two attached hydrogens (primary N) is 1. The van der Waals surface area contributed by atoms with Crippen LogP contribution >= 0.6 is 15.9 Å². The molecule has 0 radical (unpaired) electrons. The fraction of sp³-hybridized carbons (Fsp3) is 0.353. The molecule has 1 aromatic heterocycles. The number of aromatic nitrogens is 1. The average molecular weight is 331 g/mol. The third kappa shape index (κ3) is 2.52. The van der Waals surface area contributed by atoms with Gasteiger partial charge in [-0.2, -0.15) is 0 Å². The van der Waals surface area contributed by atoms with Crippen LogP contribution in [0.1, 0.15) is 30.4 Å². The van der Waals surface area contributed by atoms with E-state index in [0.717, 1.165) is 10.9 Å². The predicted octanol–water partition coefficient (Wildman–Crippen LogP) is 3.84. The van der Waals surface area contributed by atoms with Crippen molar-refractivity contribution in [2.24, 2.45) is 5.73 Å². The van der Waals surface area contributed by atoms with E-state index in [9.17, 15) is 0 Å². The third-order valence-electron chi connectivity index (χ3n) is 4.52. The molecule has 0 spiro atoms. The van der Waals surface area contributed by atoms with Gasteiger partial charge >= 0.3 is 0 Å². The Labute approximate surface area is 128 Å². The van der Waals surface area contributed by atoms with Crippen LogP contribution < -0.4 is 5.73 Å². The van der Waals surface area contributed by atoms with Crippen molar-refractivity contribution in [2.75, 3.05) is 0 Å². The van der Waals surface area contributed by atoms with Crippen LogP contribution in [0.2, 0.25) is 0 Å². The fourth-order valence-electron chi connectivity index (χ4n) is 3.22. The van der Waals surface area contributed by atoms with Crippen molar-refractivity contribution in [3.05, 3.63) is 64.4 Å². The van der Waals surface area contributed by atoms with Gasteiger partial charge in [-0.25, -0.2) is 0 Å². The zero-order chi connectivity index (χ0) is 14.0. The first-order valence-corrected chi connectivity index (χ1v) is 7.90. The molecule has 1 aliphatic rings. The maximum atomic E-state index is 6.59. The molecule has 3 heteroatoms. The molecule has 0 amide bonds. The lowest BCUT2D eigenvalue weighted by Gasteiger charge is -2.47. The number of halogens is 1. The lowest BCUT2D eigenvalue weighted by Crippen LogP contribution is -2.51. The van der Waals surface area contributed by atoms with Gasteiger partial charge in [-0.15, -0.1) is 0 Å². The minimum Gasteiger partial charge on any atom is -0.327 e. The summed E-state index contributed by atoms with van der Waals surface area (Å²) in [5, 5.41) is 0. The van der Waals surface area contributed by atoms with Crippen LogP contribution in [-0.4, -0.2) is 11.0 Å². The topological polar surface area (TPSA) is 38.9 Å². The lowest BCUT2D eigenvalue weighted by atomic mass is 9.59. The molecular weight excluding hydrogens is 312 g/mol. The average Bonchev–Trinajstić information content (AvgIpc) is 2.38. The summed E-state index contributed by atoms with van der Waals surface area (Å²) in [7, 11) is 0. The van der Waals surface area contributed by atoms with Gasteiger partial charge in [0.25, 0.3) is 0 Å². The largest absolute Gasteiger partial charge is 0.327 e. The van der Waals surface area contributed by atoms with Gasteiger partial charge < -0.3 is 5.73 Å². The van der Waals surface area contributed by atoms with E-state index in [1.54, 1.807) is 0 Å². The van der Waals surface area contributed by atoms with Gasteiger partial charge in [0.2, 0.25) is 0 Å². The van der Waals surface area contributed by atoms with Crippen molar-refractivity contribution in [2.45, 2.75) is 37.1 Å². The van der Waals surface area contributed by atoms with Crippen molar-refractivity contribution in [3.8, 4) is 0 Å². The molecule has 1 saturated carbocycles. The van der Waals surface area contributed by atoms with E-state index in [-0.39, 0.29) is 11.5 Å². The van der Waals surface area contributed by atoms with E-state index in [0.29, 0.717) is 0 Å². The highest BCUT2D eigenvalue weighted by Gasteiger charge is 2.43. The Morgan fingerprint density at radius 1 is 1.20 bits per heavy atom. The van der Waals surface area contributed by atoms with E-state index in [1.165, 1.54) is 30.4 Å². The molecule has 20 heavy (non-hydrogen) atoms. The third-order valence-corrected chi connectivity index (χ3v) is 4.96. The quantitative estimate of drug-likeness (QED) is 0.925. The summed E-state index contributed by atoms with van der Waals surface area (Å²) >= 11 is 3.48. The monoisotopic (exact) mass is 330 g/mol. The molecule has 2 aromatic rings. The molecule has 0 aliphatic heterocycles. The number of hydrogen-bond donors (Lipinski definition) is 1.